The summed E-state index contributed by atoms with van der Waals surface area (Å²) in [5.74, 6) is 0.513. The van der Waals surface area contributed by atoms with Crippen molar-refractivity contribution in [2.75, 3.05) is 7.05 Å². The van der Waals surface area contributed by atoms with Gasteiger partial charge in [0.25, 0.3) is 0 Å². The molecule has 1 aliphatic rings. The van der Waals surface area contributed by atoms with E-state index in [4.69, 9.17) is 0 Å². The van der Waals surface area contributed by atoms with E-state index in [0.29, 0.717) is 6.54 Å². The van der Waals surface area contributed by atoms with Crippen molar-refractivity contribution in [2.45, 2.75) is 46.1 Å². The summed E-state index contributed by atoms with van der Waals surface area (Å²) < 4.78 is 1.97. The van der Waals surface area contributed by atoms with Gasteiger partial charge >= 0.3 is 0 Å². The van der Waals surface area contributed by atoms with E-state index in [9.17, 15) is 4.79 Å². The van der Waals surface area contributed by atoms with Gasteiger partial charge in [-0.1, -0.05) is 31.0 Å². The lowest BCUT2D eigenvalue weighted by Crippen LogP contribution is -2.31. The zero-order valence-electron chi connectivity index (χ0n) is 14.2. The average Bonchev–Trinajstić information content (AvgIpc) is 3.19. The van der Waals surface area contributed by atoms with Gasteiger partial charge in [-0.15, -0.1) is 0 Å². The molecule has 1 aliphatic carbocycles. The first-order valence-electron chi connectivity index (χ1n) is 8.43. The fourth-order valence-corrected chi connectivity index (χ4v) is 3.52. The fourth-order valence-electron chi connectivity index (χ4n) is 3.52. The van der Waals surface area contributed by atoms with Crippen molar-refractivity contribution in [1.29, 1.82) is 0 Å². The van der Waals surface area contributed by atoms with Crippen LogP contribution in [-0.2, 0) is 11.3 Å². The summed E-state index contributed by atoms with van der Waals surface area (Å²) >= 11 is 0. The molecule has 4 heteroatoms. The maximum Gasteiger partial charge on any atom is 0.225 e. The van der Waals surface area contributed by atoms with E-state index in [1.54, 1.807) is 0 Å². The second kappa shape index (κ2) is 6.57. The lowest BCUT2D eigenvalue weighted by atomic mass is 10.1. The molecule has 0 atom stereocenters. The monoisotopic (exact) mass is 311 g/mol. The van der Waals surface area contributed by atoms with E-state index in [-0.39, 0.29) is 11.8 Å². The summed E-state index contributed by atoms with van der Waals surface area (Å²) in [6.07, 6.45) is 4.47. The second-order valence-corrected chi connectivity index (χ2v) is 6.57. The molecule has 1 aromatic carbocycles. The number of amides is 1. The maximum absolute atomic E-state index is 12.5. The van der Waals surface area contributed by atoms with Gasteiger partial charge in [-0.25, -0.2) is 4.68 Å². The molecule has 1 fully saturated rings. The third-order valence-electron chi connectivity index (χ3n) is 4.92. The highest BCUT2D eigenvalue weighted by Gasteiger charge is 2.26. The maximum atomic E-state index is 12.5. The highest BCUT2D eigenvalue weighted by Crippen LogP contribution is 2.27. The lowest BCUT2D eigenvalue weighted by molar-refractivity contribution is -0.134. The van der Waals surface area contributed by atoms with E-state index in [2.05, 4.69) is 24.2 Å². The van der Waals surface area contributed by atoms with Crippen LogP contribution in [0.4, 0.5) is 0 Å². The van der Waals surface area contributed by atoms with Gasteiger partial charge in [0.15, 0.2) is 0 Å². The third-order valence-corrected chi connectivity index (χ3v) is 4.92. The number of aryl methyl sites for hydroxylation is 1. The average molecular weight is 311 g/mol. The molecule has 1 heterocycles. The molecule has 3 rings (SSSR count). The number of carbonyl (C=O) groups is 1. The van der Waals surface area contributed by atoms with Gasteiger partial charge in [0.2, 0.25) is 5.91 Å². The minimum absolute atomic E-state index is 0.227. The standard InChI is InChI=1S/C19H25N3O/c1-14-18(13-21(3)19(23)16-9-7-8-10-16)15(2)22(20-14)17-11-5-4-6-12-17/h4-6,11-12,16H,7-10,13H2,1-3H3. The zero-order valence-corrected chi connectivity index (χ0v) is 14.2. The summed E-state index contributed by atoms with van der Waals surface area (Å²) in [6.45, 7) is 4.74. The summed E-state index contributed by atoms with van der Waals surface area (Å²) in [7, 11) is 1.92. The van der Waals surface area contributed by atoms with Crippen molar-refractivity contribution < 1.29 is 4.79 Å². The molecule has 1 aromatic heterocycles. The van der Waals surface area contributed by atoms with Crippen LogP contribution in [0, 0.1) is 19.8 Å². The van der Waals surface area contributed by atoms with Gasteiger partial charge in [-0.3, -0.25) is 4.79 Å². The molecule has 0 bridgehead atoms. The molecule has 0 saturated heterocycles. The Bertz CT molecular complexity index is 684. The Morgan fingerprint density at radius 3 is 2.52 bits per heavy atom. The Morgan fingerprint density at radius 2 is 1.87 bits per heavy atom. The summed E-state index contributed by atoms with van der Waals surface area (Å²) in [6, 6.07) is 10.1. The summed E-state index contributed by atoms with van der Waals surface area (Å²) in [5, 5.41) is 4.67. The SMILES string of the molecule is Cc1nn(-c2ccccc2)c(C)c1CN(C)C(=O)C1CCCC1. The molecular formula is C19H25N3O. The van der Waals surface area contributed by atoms with E-state index < -0.39 is 0 Å². The van der Waals surface area contributed by atoms with Crippen molar-refractivity contribution in [3.05, 3.63) is 47.3 Å². The molecule has 0 unspecified atom stereocenters. The molecule has 1 saturated carbocycles. The number of aromatic nitrogens is 2. The van der Waals surface area contributed by atoms with Crippen LogP contribution in [0.2, 0.25) is 0 Å². The van der Waals surface area contributed by atoms with Gasteiger partial charge in [-0.05, 0) is 38.8 Å². The normalized spacial score (nSPS) is 15.1. The van der Waals surface area contributed by atoms with Gasteiger partial charge in [0.05, 0.1) is 11.4 Å². The third kappa shape index (κ3) is 3.16. The molecule has 23 heavy (non-hydrogen) atoms. The van der Waals surface area contributed by atoms with Crippen LogP contribution in [0.1, 0.15) is 42.6 Å². The number of nitrogens with zero attached hydrogens (tertiary/aromatic N) is 3. The molecule has 122 valence electrons. The lowest BCUT2D eigenvalue weighted by Gasteiger charge is -2.21. The van der Waals surface area contributed by atoms with Crippen LogP contribution in [0.3, 0.4) is 0 Å². The predicted octanol–water partition coefficient (Wildman–Crippen LogP) is 3.64. The highest BCUT2D eigenvalue weighted by molar-refractivity contribution is 5.78. The summed E-state index contributed by atoms with van der Waals surface area (Å²) in [5.41, 5.74) is 4.32. The van der Waals surface area contributed by atoms with Gasteiger partial charge in [-0.2, -0.15) is 5.10 Å². The number of para-hydroxylation sites is 1. The van der Waals surface area contributed by atoms with Crippen LogP contribution >= 0.6 is 0 Å². The Morgan fingerprint density at radius 1 is 1.22 bits per heavy atom. The van der Waals surface area contributed by atoms with Gasteiger partial charge in [0, 0.05) is 30.8 Å². The Kier molecular flexibility index (Phi) is 4.51. The smallest absolute Gasteiger partial charge is 0.225 e. The Labute approximate surface area is 138 Å². The Hall–Kier alpha value is -2.10. The van der Waals surface area contributed by atoms with Gasteiger partial charge < -0.3 is 4.90 Å². The first-order chi connectivity index (χ1) is 11.1. The second-order valence-electron chi connectivity index (χ2n) is 6.57. The summed E-state index contributed by atoms with van der Waals surface area (Å²) in [4.78, 5) is 14.4. The number of hydrogen-bond donors (Lipinski definition) is 0. The van der Waals surface area contributed by atoms with Crippen molar-refractivity contribution >= 4 is 5.91 Å². The highest BCUT2D eigenvalue weighted by atomic mass is 16.2. The van der Waals surface area contributed by atoms with Crippen molar-refractivity contribution in [1.82, 2.24) is 14.7 Å². The predicted molar refractivity (Wildman–Crippen MR) is 91.5 cm³/mol. The van der Waals surface area contributed by atoms with Crippen LogP contribution in [-0.4, -0.2) is 27.6 Å². The van der Waals surface area contributed by atoms with Gasteiger partial charge in [0.1, 0.15) is 0 Å². The molecule has 1 amide bonds. The number of hydrogen-bond acceptors (Lipinski definition) is 2. The molecule has 0 N–H and O–H groups in total. The molecule has 0 radical (unpaired) electrons. The van der Waals surface area contributed by atoms with Crippen LogP contribution in [0.15, 0.2) is 30.3 Å². The first-order valence-corrected chi connectivity index (χ1v) is 8.43. The largest absolute Gasteiger partial charge is 0.341 e. The van der Waals surface area contributed by atoms with E-state index in [1.165, 1.54) is 12.8 Å². The van der Waals surface area contributed by atoms with Crippen LogP contribution < -0.4 is 0 Å². The first kappa shape index (κ1) is 15.8. The topological polar surface area (TPSA) is 38.1 Å². The quantitative estimate of drug-likeness (QED) is 0.864. The van der Waals surface area contributed by atoms with Crippen molar-refractivity contribution in [3.8, 4) is 5.69 Å². The molecule has 0 aliphatic heterocycles. The number of rotatable bonds is 4. The van der Waals surface area contributed by atoms with E-state index >= 15 is 0 Å². The molecular weight excluding hydrogens is 286 g/mol. The number of benzene rings is 1. The van der Waals surface area contributed by atoms with E-state index in [1.807, 2.05) is 41.8 Å². The molecule has 0 spiro atoms. The zero-order chi connectivity index (χ0) is 16.4. The minimum atomic E-state index is 0.227. The number of carbonyl (C=O) groups excluding carboxylic acids is 1. The molecule has 4 nitrogen and oxygen atoms in total. The fraction of sp³-hybridized carbons (Fsp3) is 0.474. The van der Waals surface area contributed by atoms with Crippen LogP contribution in [0.5, 0.6) is 0 Å². The minimum Gasteiger partial charge on any atom is -0.341 e. The van der Waals surface area contributed by atoms with Crippen molar-refractivity contribution in [3.63, 3.8) is 0 Å². The van der Waals surface area contributed by atoms with E-state index in [0.717, 1.165) is 35.5 Å². The van der Waals surface area contributed by atoms with Crippen LogP contribution in [0.25, 0.3) is 5.69 Å². The molecule has 2 aromatic rings. The Balaban J connectivity index is 1.80. The van der Waals surface area contributed by atoms with Crippen molar-refractivity contribution in [2.24, 2.45) is 5.92 Å².